The second-order valence-corrected chi connectivity index (χ2v) is 7.38. The Morgan fingerprint density at radius 3 is 2.89 bits per heavy atom. The molecule has 0 aliphatic carbocycles. The first-order valence-electron chi connectivity index (χ1n) is 9.06. The number of benzene rings is 1. The average Bonchev–Trinajstić information content (AvgIpc) is 3.32. The van der Waals surface area contributed by atoms with Crippen LogP contribution in [0.2, 0.25) is 0 Å². The highest BCUT2D eigenvalue weighted by Crippen LogP contribution is 2.36. The van der Waals surface area contributed by atoms with Crippen molar-refractivity contribution < 1.29 is 19.1 Å². The van der Waals surface area contributed by atoms with Gasteiger partial charge in [0.15, 0.2) is 28.6 Å². The van der Waals surface area contributed by atoms with E-state index in [-0.39, 0.29) is 17.6 Å². The Hall–Kier alpha value is -2.81. The van der Waals surface area contributed by atoms with E-state index in [1.54, 1.807) is 6.08 Å². The van der Waals surface area contributed by atoms with Crippen LogP contribution in [0.4, 0.5) is 0 Å². The van der Waals surface area contributed by atoms with Gasteiger partial charge in [-0.2, -0.15) is 0 Å². The standard InChI is InChI=1S/C19H20N4O4S/c1-2-9-23-18(15-11-26-13-6-3-4-7-14(13)27-15)20-21-19(23)28-12-17(25)22-10-5-8-16(22)24/h2-4,6-7,15H,1,5,8-12H2/t15-/m1/s1. The molecule has 146 valence electrons. The number of ether oxygens (including phenoxy) is 2. The molecule has 28 heavy (non-hydrogen) atoms. The molecule has 1 saturated heterocycles. The van der Waals surface area contributed by atoms with Gasteiger partial charge in [0.05, 0.1) is 5.75 Å². The zero-order chi connectivity index (χ0) is 19.5. The van der Waals surface area contributed by atoms with E-state index >= 15 is 0 Å². The van der Waals surface area contributed by atoms with E-state index in [9.17, 15) is 9.59 Å². The fraction of sp³-hybridized carbons (Fsp3) is 0.368. The van der Waals surface area contributed by atoms with Gasteiger partial charge in [-0.15, -0.1) is 16.8 Å². The summed E-state index contributed by atoms with van der Waals surface area (Å²) in [4.78, 5) is 25.3. The van der Waals surface area contributed by atoms with Crippen molar-refractivity contribution in [3.05, 3.63) is 42.7 Å². The van der Waals surface area contributed by atoms with E-state index < -0.39 is 6.10 Å². The fourth-order valence-electron chi connectivity index (χ4n) is 3.21. The van der Waals surface area contributed by atoms with Gasteiger partial charge >= 0.3 is 0 Å². The van der Waals surface area contributed by atoms with Gasteiger partial charge in [0.1, 0.15) is 6.61 Å². The number of carbonyl (C=O) groups is 2. The molecule has 9 heteroatoms. The summed E-state index contributed by atoms with van der Waals surface area (Å²) >= 11 is 1.26. The van der Waals surface area contributed by atoms with E-state index in [0.717, 1.165) is 6.42 Å². The summed E-state index contributed by atoms with van der Waals surface area (Å²) in [5.41, 5.74) is 0. The molecule has 2 amide bonds. The lowest BCUT2D eigenvalue weighted by atomic mass is 10.2. The van der Waals surface area contributed by atoms with Gasteiger partial charge in [-0.25, -0.2) is 0 Å². The fourth-order valence-corrected chi connectivity index (χ4v) is 4.04. The largest absolute Gasteiger partial charge is 0.485 e. The Labute approximate surface area is 166 Å². The number of imide groups is 1. The third-order valence-electron chi connectivity index (χ3n) is 4.55. The highest BCUT2D eigenvalue weighted by atomic mass is 32.2. The van der Waals surface area contributed by atoms with Crippen LogP contribution in [0, 0.1) is 0 Å². The lowest BCUT2D eigenvalue weighted by molar-refractivity contribution is -0.140. The van der Waals surface area contributed by atoms with Crippen molar-refractivity contribution in [3.63, 3.8) is 0 Å². The maximum Gasteiger partial charge on any atom is 0.239 e. The van der Waals surface area contributed by atoms with Crippen molar-refractivity contribution in [2.75, 3.05) is 18.9 Å². The molecule has 1 atom stereocenters. The number of para-hydroxylation sites is 2. The number of fused-ring (bicyclic) bond motifs is 1. The van der Waals surface area contributed by atoms with Gasteiger partial charge in [-0.3, -0.25) is 19.1 Å². The molecule has 3 heterocycles. The zero-order valence-corrected chi connectivity index (χ0v) is 16.1. The van der Waals surface area contributed by atoms with Crippen LogP contribution in [0.5, 0.6) is 11.5 Å². The third-order valence-corrected chi connectivity index (χ3v) is 5.50. The monoisotopic (exact) mass is 400 g/mol. The summed E-state index contributed by atoms with van der Waals surface area (Å²) < 4.78 is 13.7. The molecule has 0 N–H and O–H groups in total. The van der Waals surface area contributed by atoms with Crippen molar-refractivity contribution >= 4 is 23.6 Å². The Kier molecular flexibility index (Phi) is 5.34. The molecular weight excluding hydrogens is 380 g/mol. The zero-order valence-electron chi connectivity index (χ0n) is 15.2. The number of thioether (sulfide) groups is 1. The van der Waals surface area contributed by atoms with Crippen LogP contribution < -0.4 is 9.47 Å². The summed E-state index contributed by atoms with van der Waals surface area (Å²) in [6.45, 7) is 5.08. The van der Waals surface area contributed by atoms with Crippen LogP contribution >= 0.6 is 11.8 Å². The number of allylic oxidation sites excluding steroid dienone is 1. The molecule has 2 aliphatic heterocycles. The number of likely N-dealkylation sites (tertiary alicyclic amines) is 1. The predicted molar refractivity (Wildman–Crippen MR) is 102 cm³/mol. The number of hydrogen-bond donors (Lipinski definition) is 0. The van der Waals surface area contributed by atoms with Gasteiger partial charge in [-0.1, -0.05) is 30.0 Å². The molecule has 0 radical (unpaired) electrons. The average molecular weight is 400 g/mol. The molecule has 1 fully saturated rings. The van der Waals surface area contributed by atoms with Crippen LogP contribution in [0.25, 0.3) is 0 Å². The second-order valence-electron chi connectivity index (χ2n) is 6.44. The van der Waals surface area contributed by atoms with Crippen molar-refractivity contribution in [2.45, 2.75) is 30.6 Å². The number of aromatic nitrogens is 3. The first-order valence-corrected chi connectivity index (χ1v) is 10.0. The maximum absolute atomic E-state index is 12.3. The highest BCUT2D eigenvalue weighted by molar-refractivity contribution is 7.99. The van der Waals surface area contributed by atoms with Gasteiger partial charge in [0, 0.05) is 19.5 Å². The molecule has 4 rings (SSSR count). The summed E-state index contributed by atoms with van der Waals surface area (Å²) in [5.74, 6) is 1.79. The van der Waals surface area contributed by atoms with Crippen molar-refractivity contribution in [1.29, 1.82) is 0 Å². The quantitative estimate of drug-likeness (QED) is 0.543. The maximum atomic E-state index is 12.3. The summed E-state index contributed by atoms with van der Waals surface area (Å²) in [5, 5.41) is 9.07. The van der Waals surface area contributed by atoms with Crippen molar-refractivity contribution in [2.24, 2.45) is 0 Å². The first kappa shape index (κ1) is 18.5. The van der Waals surface area contributed by atoms with Crippen LogP contribution in [0.15, 0.2) is 42.1 Å². The Morgan fingerprint density at radius 1 is 1.32 bits per heavy atom. The van der Waals surface area contributed by atoms with Crippen LogP contribution in [-0.2, 0) is 16.1 Å². The topological polar surface area (TPSA) is 86.6 Å². The van der Waals surface area contributed by atoms with Gasteiger partial charge < -0.3 is 9.47 Å². The summed E-state index contributed by atoms with van der Waals surface area (Å²) in [6, 6.07) is 7.47. The molecule has 2 aliphatic rings. The van der Waals surface area contributed by atoms with E-state index in [4.69, 9.17) is 9.47 Å². The van der Waals surface area contributed by atoms with E-state index in [0.29, 0.717) is 48.6 Å². The van der Waals surface area contributed by atoms with Crippen LogP contribution in [-0.4, -0.2) is 50.4 Å². The van der Waals surface area contributed by atoms with Crippen molar-refractivity contribution in [1.82, 2.24) is 19.7 Å². The molecule has 2 aromatic rings. The highest BCUT2D eigenvalue weighted by Gasteiger charge is 2.30. The minimum absolute atomic E-state index is 0.106. The van der Waals surface area contributed by atoms with Gasteiger partial charge in [-0.05, 0) is 18.6 Å². The number of amides is 2. The lowest BCUT2D eigenvalue weighted by Crippen LogP contribution is -2.33. The molecule has 0 unspecified atom stereocenters. The van der Waals surface area contributed by atoms with E-state index in [2.05, 4.69) is 16.8 Å². The smallest absolute Gasteiger partial charge is 0.239 e. The minimum atomic E-state index is -0.410. The SMILES string of the molecule is C=CCn1c(SCC(=O)N2CCCC2=O)nnc1[C@H]1COc2ccccc2O1. The normalized spacial score (nSPS) is 18.4. The number of carbonyl (C=O) groups excluding carboxylic acids is 2. The molecule has 1 aromatic heterocycles. The number of rotatable bonds is 6. The third kappa shape index (κ3) is 3.62. The molecule has 1 aromatic carbocycles. The second kappa shape index (κ2) is 8.05. The van der Waals surface area contributed by atoms with Crippen molar-refractivity contribution in [3.8, 4) is 11.5 Å². The Morgan fingerprint density at radius 2 is 2.14 bits per heavy atom. The number of nitrogens with zero attached hydrogens (tertiary/aromatic N) is 4. The Bertz CT molecular complexity index is 913. The molecule has 8 nitrogen and oxygen atoms in total. The van der Waals surface area contributed by atoms with Crippen LogP contribution in [0.3, 0.4) is 0 Å². The molecule has 0 bridgehead atoms. The van der Waals surface area contributed by atoms with Gasteiger partial charge in [0.25, 0.3) is 0 Å². The lowest BCUT2D eigenvalue weighted by Gasteiger charge is -2.26. The molecular formula is C19H20N4O4S. The molecule has 0 saturated carbocycles. The summed E-state index contributed by atoms with van der Waals surface area (Å²) in [6.07, 6.45) is 2.49. The first-order chi connectivity index (χ1) is 13.7. The minimum Gasteiger partial charge on any atom is -0.485 e. The Balaban J connectivity index is 1.49. The predicted octanol–water partition coefficient (Wildman–Crippen LogP) is 2.22. The summed E-state index contributed by atoms with van der Waals surface area (Å²) in [7, 11) is 0. The van der Waals surface area contributed by atoms with Gasteiger partial charge in [0.2, 0.25) is 11.8 Å². The van der Waals surface area contributed by atoms with E-state index in [1.165, 1.54) is 16.7 Å². The number of hydrogen-bond acceptors (Lipinski definition) is 7. The molecule has 0 spiro atoms. The van der Waals surface area contributed by atoms with Crippen LogP contribution in [0.1, 0.15) is 24.8 Å². The van der Waals surface area contributed by atoms with E-state index in [1.807, 2.05) is 28.8 Å².